The molecule has 0 bridgehead atoms. The van der Waals surface area contributed by atoms with Gasteiger partial charge in [-0.15, -0.1) is 0 Å². The number of H-pyrrole nitrogens is 1. The minimum atomic E-state index is 0.471. The van der Waals surface area contributed by atoms with E-state index in [1.807, 2.05) is 0 Å². The van der Waals surface area contributed by atoms with Crippen LogP contribution < -0.4 is 0 Å². The zero-order chi connectivity index (χ0) is 11.5. The van der Waals surface area contributed by atoms with Crippen LogP contribution in [0.1, 0.15) is 32.3 Å². The molecule has 1 atom stereocenters. The van der Waals surface area contributed by atoms with Crippen LogP contribution in [0.4, 0.5) is 0 Å². The smallest absolute Gasteiger partial charge is 0.0457 e. The van der Waals surface area contributed by atoms with Crippen molar-refractivity contribution in [2.45, 2.75) is 26.7 Å². The molecule has 0 aliphatic rings. The van der Waals surface area contributed by atoms with Crippen molar-refractivity contribution < 1.29 is 0 Å². The maximum absolute atomic E-state index is 3.32. The lowest BCUT2D eigenvalue weighted by Crippen LogP contribution is -1.88. The predicted octanol–water partition coefficient (Wildman–Crippen LogP) is 4.48. The summed E-state index contributed by atoms with van der Waals surface area (Å²) in [4.78, 5) is 3.32. The van der Waals surface area contributed by atoms with Crippen molar-refractivity contribution in [2.24, 2.45) is 5.92 Å². The molecule has 1 N–H and O–H groups in total. The van der Waals surface area contributed by atoms with E-state index in [-0.39, 0.29) is 0 Å². The Morgan fingerprint density at radius 1 is 1.06 bits per heavy atom. The number of allylic oxidation sites excluding steroid dienone is 2. The number of aromatic nitrogens is 1. The highest BCUT2D eigenvalue weighted by Gasteiger charge is 2.07. The molecule has 1 heteroatoms. The van der Waals surface area contributed by atoms with Crippen molar-refractivity contribution in [1.29, 1.82) is 0 Å². The van der Waals surface area contributed by atoms with Gasteiger partial charge < -0.3 is 4.98 Å². The standard InChI is InChI=1S/C15H19N/c1-11(2)8-9-12(3)14-10-16-15-7-5-4-6-13(14)15/h4-12,16H,1-3H3/b9-8+. The maximum Gasteiger partial charge on any atom is 0.0457 e. The lowest BCUT2D eigenvalue weighted by atomic mass is 9.99. The molecule has 0 saturated heterocycles. The highest BCUT2D eigenvalue weighted by Crippen LogP contribution is 2.26. The third-order valence-corrected chi connectivity index (χ3v) is 2.90. The van der Waals surface area contributed by atoms with E-state index in [9.17, 15) is 0 Å². The van der Waals surface area contributed by atoms with Crippen molar-refractivity contribution >= 4 is 10.9 Å². The van der Waals surface area contributed by atoms with Crippen molar-refractivity contribution in [1.82, 2.24) is 4.98 Å². The summed E-state index contributed by atoms with van der Waals surface area (Å²) in [5.41, 5.74) is 2.61. The Bertz CT molecular complexity index is 491. The van der Waals surface area contributed by atoms with Crippen LogP contribution in [0.5, 0.6) is 0 Å². The van der Waals surface area contributed by atoms with Crippen molar-refractivity contribution in [3.63, 3.8) is 0 Å². The normalized spacial score (nSPS) is 14.0. The Labute approximate surface area is 97.2 Å². The molecule has 2 aromatic rings. The van der Waals surface area contributed by atoms with Gasteiger partial charge in [-0.05, 0) is 17.5 Å². The van der Waals surface area contributed by atoms with Gasteiger partial charge in [0.2, 0.25) is 0 Å². The summed E-state index contributed by atoms with van der Waals surface area (Å²) in [5.74, 6) is 1.09. The summed E-state index contributed by atoms with van der Waals surface area (Å²) >= 11 is 0. The molecule has 0 spiro atoms. The van der Waals surface area contributed by atoms with Crippen LogP contribution in [0.3, 0.4) is 0 Å². The monoisotopic (exact) mass is 213 g/mol. The molecular weight excluding hydrogens is 194 g/mol. The van der Waals surface area contributed by atoms with E-state index >= 15 is 0 Å². The molecule has 2 rings (SSSR count). The largest absolute Gasteiger partial charge is 0.361 e. The first-order valence-corrected chi connectivity index (χ1v) is 5.93. The van der Waals surface area contributed by atoms with Crippen LogP contribution >= 0.6 is 0 Å². The first-order chi connectivity index (χ1) is 7.68. The Balaban J connectivity index is 2.33. The van der Waals surface area contributed by atoms with Crippen LogP contribution in [-0.2, 0) is 0 Å². The minimum Gasteiger partial charge on any atom is -0.361 e. The van der Waals surface area contributed by atoms with Gasteiger partial charge in [-0.3, -0.25) is 0 Å². The van der Waals surface area contributed by atoms with Crippen LogP contribution in [0, 0.1) is 5.92 Å². The fraction of sp³-hybridized carbons (Fsp3) is 0.333. The van der Waals surface area contributed by atoms with Gasteiger partial charge >= 0.3 is 0 Å². The fourth-order valence-electron chi connectivity index (χ4n) is 1.96. The Morgan fingerprint density at radius 2 is 1.81 bits per heavy atom. The molecule has 1 aromatic carbocycles. The van der Waals surface area contributed by atoms with E-state index in [0.717, 1.165) is 0 Å². The number of hydrogen-bond acceptors (Lipinski definition) is 0. The number of hydrogen-bond donors (Lipinski definition) is 1. The van der Waals surface area contributed by atoms with E-state index < -0.39 is 0 Å². The third-order valence-electron chi connectivity index (χ3n) is 2.90. The molecule has 0 saturated carbocycles. The molecule has 0 aliphatic heterocycles. The van der Waals surface area contributed by atoms with Crippen molar-refractivity contribution in [3.05, 3.63) is 48.2 Å². The predicted molar refractivity (Wildman–Crippen MR) is 70.7 cm³/mol. The van der Waals surface area contributed by atoms with E-state index in [1.54, 1.807) is 0 Å². The van der Waals surface area contributed by atoms with Gasteiger partial charge in [-0.2, -0.15) is 0 Å². The van der Waals surface area contributed by atoms with Gasteiger partial charge in [0.15, 0.2) is 0 Å². The van der Waals surface area contributed by atoms with Gasteiger partial charge in [0.05, 0.1) is 0 Å². The van der Waals surface area contributed by atoms with Crippen LogP contribution in [0.15, 0.2) is 42.6 Å². The Hall–Kier alpha value is -1.50. The van der Waals surface area contributed by atoms with Crippen molar-refractivity contribution in [2.75, 3.05) is 0 Å². The van der Waals surface area contributed by atoms with Crippen LogP contribution in [-0.4, -0.2) is 4.98 Å². The molecule has 0 fully saturated rings. The average molecular weight is 213 g/mol. The third kappa shape index (κ3) is 2.19. The fourth-order valence-corrected chi connectivity index (χ4v) is 1.96. The number of rotatable bonds is 3. The topological polar surface area (TPSA) is 15.8 Å². The molecular formula is C15H19N. The molecule has 0 aliphatic carbocycles. The number of benzene rings is 1. The molecule has 84 valence electrons. The van der Waals surface area contributed by atoms with Crippen LogP contribution in [0.25, 0.3) is 10.9 Å². The SMILES string of the molecule is CC(C)/C=C/C(C)c1c[nH]c2ccccc12. The Kier molecular flexibility index (Phi) is 3.14. The minimum absolute atomic E-state index is 0.471. The van der Waals surface area contributed by atoms with Crippen molar-refractivity contribution in [3.8, 4) is 0 Å². The lowest BCUT2D eigenvalue weighted by molar-refractivity contribution is 0.816. The summed E-state index contributed by atoms with van der Waals surface area (Å²) in [7, 11) is 0. The van der Waals surface area contributed by atoms with Gasteiger partial charge in [0, 0.05) is 23.0 Å². The number of para-hydroxylation sites is 1. The molecule has 0 radical (unpaired) electrons. The highest BCUT2D eigenvalue weighted by molar-refractivity contribution is 5.83. The summed E-state index contributed by atoms with van der Waals surface area (Å²) < 4.78 is 0. The molecule has 1 unspecified atom stereocenters. The number of fused-ring (bicyclic) bond motifs is 1. The summed E-state index contributed by atoms with van der Waals surface area (Å²) in [6.45, 7) is 6.66. The zero-order valence-electron chi connectivity index (χ0n) is 10.2. The molecule has 1 nitrogen and oxygen atoms in total. The second-order valence-corrected chi connectivity index (χ2v) is 4.71. The first-order valence-electron chi connectivity index (χ1n) is 5.93. The van der Waals surface area contributed by atoms with E-state index in [2.05, 4.69) is 68.4 Å². The molecule has 1 heterocycles. The lowest BCUT2D eigenvalue weighted by Gasteiger charge is -2.05. The van der Waals surface area contributed by atoms with E-state index in [4.69, 9.17) is 0 Å². The second-order valence-electron chi connectivity index (χ2n) is 4.71. The van der Waals surface area contributed by atoms with Gasteiger partial charge in [0.25, 0.3) is 0 Å². The van der Waals surface area contributed by atoms with E-state index in [1.165, 1.54) is 16.5 Å². The number of aromatic amines is 1. The highest BCUT2D eigenvalue weighted by atomic mass is 14.7. The second kappa shape index (κ2) is 4.56. The molecule has 0 amide bonds. The first kappa shape index (κ1) is 11.0. The number of nitrogens with one attached hydrogen (secondary N) is 1. The maximum atomic E-state index is 3.32. The quantitative estimate of drug-likeness (QED) is 0.723. The summed E-state index contributed by atoms with van der Waals surface area (Å²) in [5, 5.41) is 1.34. The Morgan fingerprint density at radius 3 is 2.56 bits per heavy atom. The van der Waals surface area contributed by atoms with Gasteiger partial charge in [0.1, 0.15) is 0 Å². The van der Waals surface area contributed by atoms with Gasteiger partial charge in [-0.25, -0.2) is 0 Å². The van der Waals surface area contributed by atoms with Crippen LogP contribution in [0.2, 0.25) is 0 Å². The zero-order valence-corrected chi connectivity index (χ0v) is 10.2. The van der Waals surface area contributed by atoms with E-state index in [0.29, 0.717) is 11.8 Å². The molecule has 16 heavy (non-hydrogen) atoms. The summed E-state index contributed by atoms with van der Waals surface area (Å²) in [6, 6.07) is 8.47. The van der Waals surface area contributed by atoms with Gasteiger partial charge in [-0.1, -0.05) is 51.1 Å². The molecule has 1 aromatic heterocycles. The summed E-state index contributed by atoms with van der Waals surface area (Å²) in [6.07, 6.45) is 6.69. The average Bonchev–Trinajstić information content (AvgIpc) is 2.69.